The molecule has 2 aromatic heterocycles. The van der Waals surface area contributed by atoms with Gasteiger partial charge in [-0.05, 0) is 51.2 Å². The van der Waals surface area contributed by atoms with Crippen LogP contribution in [0.25, 0.3) is 11.1 Å². The summed E-state index contributed by atoms with van der Waals surface area (Å²) in [6.07, 6.45) is 0.774. The van der Waals surface area contributed by atoms with E-state index in [9.17, 15) is 9.59 Å². The Morgan fingerprint density at radius 3 is 2.39 bits per heavy atom. The second-order valence-electron chi connectivity index (χ2n) is 7.90. The van der Waals surface area contributed by atoms with Crippen LogP contribution in [-0.2, 0) is 4.74 Å². The highest BCUT2D eigenvalue weighted by Crippen LogP contribution is 2.41. The number of aromatic nitrogens is 1. The van der Waals surface area contributed by atoms with Crippen LogP contribution in [0.1, 0.15) is 77.1 Å². The number of nitrogens with zero attached hydrogens (tertiary/aromatic N) is 1. The molecule has 31 heavy (non-hydrogen) atoms. The number of esters is 1. The lowest BCUT2D eigenvalue weighted by Gasteiger charge is -2.13. The third kappa shape index (κ3) is 5.05. The van der Waals surface area contributed by atoms with E-state index < -0.39 is 11.9 Å². The minimum absolute atomic E-state index is 0.159. The van der Waals surface area contributed by atoms with E-state index >= 15 is 0 Å². The number of hydrogen-bond donors (Lipinski definition) is 1. The van der Waals surface area contributed by atoms with Gasteiger partial charge in [-0.25, -0.2) is 4.79 Å². The lowest BCUT2D eigenvalue weighted by molar-refractivity contribution is 0.0380. The summed E-state index contributed by atoms with van der Waals surface area (Å²) in [5.74, 6) is 0.0974. The van der Waals surface area contributed by atoms with Crippen molar-refractivity contribution in [3.05, 3.63) is 57.8 Å². The van der Waals surface area contributed by atoms with Gasteiger partial charge in [0.1, 0.15) is 16.3 Å². The number of hydrogen-bond acceptors (Lipinski definition) is 6. The molecule has 2 heterocycles. The maximum Gasteiger partial charge on any atom is 0.342 e. The molecule has 0 aliphatic heterocycles. The molecule has 6 nitrogen and oxygen atoms in total. The SMILES string of the molecule is CC[C@H](C)c1ccc(-c2c(C)sc(NC(=O)c3cc(C)on3)c2C(=O)OC(C)C)cc1. The van der Waals surface area contributed by atoms with Crippen molar-refractivity contribution in [2.24, 2.45) is 0 Å². The summed E-state index contributed by atoms with van der Waals surface area (Å²) in [7, 11) is 0. The van der Waals surface area contributed by atoms with Crippen molar-refractivity contribution in [3.63, 3.8) is 0 Å². The Morgan fingerprint density at radius 1 is 1.16 bits per heavy atom. The molecule has 1 aromatic carbocycles. The number of carbonyl (C=O) groups excluding carboxylic acids is 2. The molecule has 0 aliphatic rings. The minimum Gasteiger partial charge on any atom is -0.459 e. The van der Waals surface area contributed by atoms with Crippen molar-refractivity contribution >= 4 is 28.2 Å². The summed E-state index contributed by atoms with van der Waals surface area (Å²) in [5, 5.41) is 7.02. The van der Waals surface area contributed by atoms with Gasteiger partial charge in [0, 0.05) is 16.5 Å². The molecule has 0 fully saturated rings. The zero-order chi connectivity index (χ0) is 22.7. The summed E-state index contributed by atoms with van der Waals surface area (Å²) in [6, 6.07) is 9.78. The Hall–Kier alpha value is -2.93. The van der Waals surface area contributed by atoms with Crippen LogP contribution >= 0.6 is 11.3 Å². The number of amides is 1. The molecule has 1 N–H and O–H groups in total. The van der Waals surface area contributed by atoms with Gasteiger partial charge in [0.15, 0.2) is 5.69 Å². The largest absolute Gasteiger partial charge is 0.459 e. The Kier molecular flexibility index (Phi) is 6.95. The number of aryl methyl sites for hydroxylation is 2. The highest BCUT2D eigenvalue weighted by atomic mass is 32.1. The van der Waals surface area contributed by atoms with E-state index in [1.165, 1.54) is 16.9 Å². The zero-order valence-electron chi connectivity index (χ0n) is 18.7. The Bertz CT molecular complexity index is 1080. The maximum absolute atomic E-state index is 13.0. The van der Waals surface area contributed by atoms with Gasteiger partial charge in [0.05, 0.1) is 6.10 Å². The van der Waals surface area contributed by atoms with E-state index in [0.717, 1.165) is 22.4 Å². The standard InChI is InChI=1S/C24H28N2O4S/c1-7-14(4)17-8-10-18(11-9-17)20-16(6)31-23(21(20)24(28)29-13(2)3)25-22(27)19-12-15(5)30-26-19/h8-14H,7H2,1-6H3,(H,25,27)/t14-/m0/s1. The first-order chi connectivity index (χ1) is 14.7. The third-order valence-corrected chi connectivity index (χ3v) is 6.12. The highest BCUT2D eigenvalue weighted by molar-refractivity contribution is 7.17. The summed E-state index contributed by atoms with van der Waals surface area (Å²) in [5.41, 5.74) is 3.46. The summed E-state index contributed by atoms with van der Waals surface area (Å²) >= 11 is 1.34. The number of ether oxygens (including phenoxy) is 1. The predicted octanol–water partition coefficient (Wildman–Crippen LogP) is 6.35. The van der Waals surface area contributed by atoms with E-state index in [1.54, 1.807) is 26.8 Å². The van der Waals surface area contributed by atoms with Crippen molar-refractivity contribution in [3.8, 4) is 11.1 Å². The molecule has 1 amide bonds. The number of carbonyl (C=O) groups is 2. The van der Waals surface area contributed by atoms with E-state index in [2.05, 4.69) is 36.5 Å². The van der Waals surface area contributed by atoms with Gasteiger partial charge in [-0.2, -0.15) is 0 Å². The number of rotatable bonds is 7. The molecule has 7 heteroatoms. The molecule has 0 unspecified atom stereocenters. The minimum atomic E-state index is -0.466. The summed E-state index contributed by atoms with van der Waals surface area (Å²) < 4.78 is 10.5. The van der Waals surface area contributed by atoms with Crippen molar-refractivity contribution in [1.29, 1.82) is 0 Å². The van der Waals surface area contributed by atoms with Gasteiger partial charge in [0.2, 0.25) is 0 Å². The number of benzene rings is 1. The van der Waals surface area contributed by atoms with Crippen molar-refractivity contribution in [2.75, 3.05) is 5.32 Å². The molecule has 3 rings (SSSR count). The number of anilines is 1. The van der Waals surface area contributed by atoms with E-state index in [4.69, 9.17) is 9.26 Å². The molecule has 1 atom stereocenters. The smallest absolute Gasteiger partial charge is 0.342 e. The van der Waals surface area contributed by atoms with Crippen LogP contribution in [0.2, 0.25) is 0 Å². The second kappa shape index (κ2) is 9.47. The Balaban J connectivity index is 2.04. The van der Waals surface area contributed by atoms with Crippen molar-refractivity contribution in [1.82, 2.24) is 5.16 Å². The van der Waals surface area contributed by atoms with Crippen LogP contribution in [0, 0.1) is 13.8 Å². The average molecular weight is 441 g/mol. The highest BCUT2D eigenvalue weighted by Gasteiger charge is 2.27. The summed E-state index contributed by atoms with van der Waals surface area (Å²) in [4.78, 5) is 26.6. The zero-order valence-corrected chi connectivity index (χ0v) is 19.6. The molecular weight excluding hydrogens is 412 g/mol. The van der Waals surface area contributed by atoms with E-state index in [-0.39, 0.29) is 11.8 Å². The quantitative estimate of drug-likeness (QED) is 0.433. The number of thiophene rings is 1. The molecule has 0 saturated heterocycles. The lowest BCUT2D eigenvalue weighted by atomic mass is 9.94. The first-order valence-corrected chi connectivity index (χ1v) is 11.2. The second-order valence-corrected chi connectivity index (χ2v) is 9.12. The first kappa shape index (κ1) is 22.7. The van der Waals surface area contributed by atoms with Gasteiger partial charge in [-0.3, -0.25) is 4.79 Å². The van der Waals surface area contributed by atoms with Gasteiger partial charge in [-0.1, -0.05) is 43.3 Å². The fourth-order valence-corrected chi connectivity index (χ4v) is 4.36. The van der Waals surface area contributed by atoms with Crippen molar-refractivity contribution in [2.45, 2.75) is 60.0 Å². The predicted molar refractivity (Wildman–Crippen MR) is 123 cm³/mol. The molecule has 164 valence electrons. The van der Waals surface area contributed by atoms with Crippen LogP contribution in [0.15, 0.2) is 34.9 Å². The Labute approximate surface area is 186 Å². The molecule has 0 bridgehead atoms. The normalized spacial score (nSPS) is 12.1. The fraction of sp³-hybridized carbons (Fsp3) is 0.375. The topological polar surface area (TPSA) is 81.4 Å². The molecule has 0 radical (unpaired) electrons. The molecule has 3 aromatic rings. The van der Waals surface area contributed by atoms with Crippen LogP contribution < -0.4 is 5.32 Å². The maximum atomic E-state index is 13.0. The third-order valence-electron chi connectivity index (χ3n) is 5.10. The van der Waals surface area contributed by atoms with Gasteiger partial charge in [0.25, 0.3) is 5.91 Å². The van der Waals surface area contributed by atoms with Gasteiger partial charge in [-0.15, -0.1) is 11.3 Å². The monoisotopic (exact) mass is 440 g/mol. The fourth-order valence-electron chi connectivity index (χ4n) is 3.30. The van der Waals surface area contributed by atoms with Crippen LogP contribution in [-0.4, -0.2) is 23.1 Å². The first-order valence-electron chi connectivity index (χ1n) is 10.4. The van der Waals surface area contributed by atoms with E-state index in [0.29, 0.717) is 22.2 Å². The molecule has 0 spiro atoms. The Morgan fingerprint density at radius 2 is 1.84 bits per heavy atom. The van der Waals surface area contributed by atoms with Gasteiger partial charge < -0.3 is 14.6 Å². The van der Waals surface area contributed by atoms with E-state index in [1.807, 2.05) is 19.1 Å². The van der Waals surface area contributed by atoms with Crippen LogP contribution in [0.3, 0.4) is 0 Å². The summed E-state index contributed by atoms with van der Waals surface area (Å²) in [6.45, 7) is 11.6. The molecule has 0 saturated carbocycles. The lowest BCUT2D eigenvalue weighted by Crippen LogP contribution is -2.17. The van der Waals surface area contributed by atoms with Gasteiger partial charge >= 0.3 is 5.97 Å². The molecule has 0 aliphatic carbocycles. The number of nitrogens with one attached hydrogen (secondary N) is 1. The van der Waals surface area contributed by atoms with Crippen LogP contribution in [0.5, 0.6) is 0 Å². The van der Waals surface area contributed by atoms with Crippen LogP contribution in [0.4, 0.5) is 5.00 Å². The molecular formula is C24H28N2O4S. The van der Waals surface area contributed by atoms with Crippen molar-refractivity contribution < 1.29 is 18.8 Å². The average Bonchev–Trinajstić information content (AvgIpc) is 3.30.